The lowest BCUT2D eigenvalue weighted by molar-refractivity contribution is 0.669. The van der Waals surface area contributed by atoms with Crippen LogP contribution in [0.5, 0.6) is 0 Å². The third-order valence-corrected chi connectivity index (χ3v) is 12.9. The predicted octanol–water partition coefficient (Wildman–Crippen LogP) is 16.3. The van der Waals surface area contributed by atoms with Crippen LogP contribution < -0.4 is 0 Å². The Balaban J connectivity index is 1.03. The molecule has 0 N–H and O–H groups in total. The van der Waals surface area contributed by atoms with E-state index in [2.05, 4.69) is 170 Å². The van der Waals surface area contributed by atoms with Crippen molar-refractivity contribution in [3.05, 3.63) is 182 Å². The van der Waals surface area contributed by atoms with E-state index >= 15 is 0 Å². The van der Waals surface area contributed by atoms with Crippen molar-refractivity contribution in [1.82, 2.24) is 0 Å². The van der Waals surface area contributed by atoms with Gasteiger partial charge in [-0.3, -0.25) is 0 Å². The number of hydrogen-bond donors (Lipinski definition) is 0. The van der Waals surface area contributed by atoms with Crippen LogP contribution in [0.4, 0.5) is 0 Å². The Kier molecular flexibility index (Phi) is 5.79. The Morgan fingerprint density at radius 1 is 0.224 bits per heavy atom. The van der Waals surface area contributed by atoms with E-state index in [4.69, 9.17) is 8.83 Å². The van der Waals surface area contributed by atoms with Crippen LogP contribution in [-0.2, 0) is 0 Å². The first kappa shape index (κ1) is 30.5. The van der Waals surface area contributed by atoms with Crippen LogP contribution in [0.3, 0.4) is 0 Å². The molecule has 0 saturated carbocycles. The minimum absolute atomic E-state index is 0.916. The Morgan fingerprint density at radius 3 is 0.897 bits per heavy atom. The summed E-state index contributed by atoms with van der Waals surface area (Å²) in [4.78, 5) is 0. The topological polar surface area (TPSA) is 26.3 Å². The molecule has 0 radical (unpaired) electrons. The van der Waals surface area contributed by atoms with Crippen molar-refractivity contribution in [2.45, 2.75) is 0 Å². The van der Waals surface area contributed by atoms with Crippen molar-refractivity contribution in [3.63, 3.8) is 0 Å². The molecule has 0 amide bonds. The molecule has 2 heteroatoms. The average Bonchev–Trinajstić information content (AvgIpc) is 3.86. The van der Waals surface area contributed by atoms with Gasteiger partial charge in [0, 0.05) is 32.7 Å². The van der Waals surface area contributed by atoms with E-state index < -0.39 is 0 Å². The van der Waals surface area contributed by atoms with Gasteiger partial charge in [-0.25, -0.2) is 0 Å². The van der Waals surface area contributed by atoms with Crippen LogP contribution in [0.1, 0.15) is 0 Å². The second-order valence-corrected chi connectivity index (χ2v) is 15.9. The highest BCUT2D eigenvalue weighted by Crippen LogP contribution is 2.50. The number of rotatable bonds is 3. The molecule has 266 valence electrons. The van der Waals surface area contributed by atoms with Gasteiger partial charge in [-0.05, 0) is 123 Å². The van der Waals surface area contributed by atoms with Gasteiger partial charge < -0.3 is 8.83 Å². The van der Waals surface area contributed by atoms with Gasteiger partial charge in [0.1, 0.15) is 22.3 Å². The molecule has 0 bridgehead atoms. The molecule has 0 fully saturated rings. The Bertz CT molecular complexity index is 3760. The maximum Gasteiger partial charge on any atom is 0.143 e. The average molecular weight is 735 g/mol. The third-order valence-electron chi connectivity index (χ3n) is 12.9. The third kappa shape index (κ3) is 3.91. The maximum absolute atomic E-state index is 6.58. The molecule has 12 aromatic carbocycles. The quantitative estimate of drug-likeness (QED) is 0.169. The van der Waals surface area contributed by atoms with E-state index in [9.17, 15) is 0 Å². The van der Waals surface area contributed by atoms with Crippen molar-refractivity contribution in [3.8, 4) is 33.4 Å². The van der Waals surface area contributed by atoms with E-state index in [-0.39, 0.29) is 0 Å². The molecular weight excluding hydrogens is 705 g/mol. The SMILES string of the molecule is c1ccc2c(c1)oc1c(-c3cc4cccc5c(-c6cc7cccc8c(-c9cccc%10c9oc9ccccc9%10)cc9cccc6c9c78)cc6cccc3c6c45)cccc12. The van der Waals surface area contributed by atoms with Crippen molar-refractivity contribution >= 4 is 109 Å². The first-order valence-corrected chi connectivity index (χ1v) is 20.0. The number of hydrogen-bond acceptors (Lipinski definition) is 2. The molecule has 0 spiro atoms. The molecule has 0 aliphatic rings. The van der Waals surface area contributed by atoms with Gasteiger partial charge in [-0.15, -0.1) is 0 Å². The van der Waals surface area contributed by atoms with Crippen molar-refractivity contribution in [2.24, 2.45) is 0 Å². The Hall–Kier alpha value is -7.68. The summed E-state index contributed by atoms with van der Waals surface area (Å²) >= 11 is 0. The van der Waals surface area contributed by atoms with Crippen LogP contribution in [0.25, 0.3) is 142 Å². The highest BCUT2D eigenvalue weighted by molar-refractivity contribution is 6.34. The standard InChI is InChI=1S/C56H30O2/c1-3-25-49-35(15-1)41-21-9-23-43(55(41)57-49)45-27-31-11-7-19-39-47(29-33-13-5-17-37(45)51(33)53(31)39)48-30-34-14-6-18-38-46(28-32-12-8-20-40(48)54(32)52(34)38)44-24-10-22-42-36-16-2-4-26-50(36)58-56(42)44/h1-30H. The van der Waals surface area contributed by atoms with E-state index in [0.717, 1.165) is 55.0 Å². The fourth-order valence-electron chi connectivity index (χ4n) is 10.5. The number of fused-ring (bicyclic) bond motifs is 6. The van der Waals surface area contributed by atoms with Crippen LogP contribution in [0.15, 0.2) is 191 Å². The Morgan fingerprint density at radius 2 is 0.517 bits per heavy atom. The van der Waals surface area contributed by atoms with Gasteiger partial charge >= 0.3 is 0 Å². The number of furan rings is 2. The zero-order valence-electron chi connectivity index (χ0n) is 31.1. The molecule has 14 aromatic rings. The molecule has 2 aromatic heterocycles. The molecule has 58 heavy (non-hydrogen) atoms. The lowest BCUT2D eigenvalue weighted by Crippen LogP contribution is -1.93. The highest BCUT2D eigenvalue weighted by atomic mass is 16.3. The first-order chi connectivity index (χ1) is 28.8. The van der Waals surface area contributed by atoms with Crippen LogP contribution in [0, 0.1) is 0 Å². The van der Waals surface area contributed by atoms with Gasteiger partial charge in [0.2, 0.25) is 0 Å². The van der Waals surface area contributed by atoms with Gasteiger partial charge in [-0.2, -0.15) is 0 Å². The lowest BCUT2D eigenvalue weighted by Gasteiger charge is -2.21. The molecule has 0 aliphatic heterocycles. The molecule has 0 atom stereocenters. The molecule has 0 saturated heterocycles. The lowest BCUT2D eigenvalue weighted by atomic mass is 9.82. The van der Waals surface area contributed by atoms with Crippen molar-refractivity contribution in [1.29, 1.82) is 0 Å². The summed E-state index contributed by atoms with van der Waals surface area (Å²) < 4.78 is 13.2. The first-order valence-electron chi connectivity index (χ1n) is 20.0. The fourth-order valence-corrected chi connectivity index (χ4v) is 10.5. The zero-order valence-corrected chi connectivity index (χ0v) is 31.1. The van der Waals surface area contributed by atoms with E-state index in [1.165, 1.54) is 86.9 Å². The second-order valence-electron chi connectivity index (χ2n) is 15.9. The summed E-state index contributed by atoms with van der Waals surface area (Å²) in [5.41, 5.74) is 10.8. The Labute approximate surface area is 331 Å². The number of para-hydroxylation sites is 4. The predicted molar refractivity (Wildman–Crippen MR) is 245 cm³/mol. The second kappa shape index (κ2) is 11.0. The van der Waals surface area contributed by atoms with Crippen LogP contribution >= 0.6 is 0 Å². The van der Waals surface area contributed by atoms with Gasteiger partial charge in [0.05, 0.1) is 0 Å². The summed E-state index contributed by atoms with van der Waals surface area (Å²) in [5.74, 6) is 0. The molecule has 14 rings (SSSR count). The molecule has 0 unspecified atom stereocenters. The van der Waals surface area contributed by atoms with Crippen molar-refractivity contribution < 1.29 is 8.83 Å². The van der Waals surface area contributed by atoms with Crippen LogP contribution in [0.2, 0.25) is 0 Å². The maximum atomic E-state index is 6.58. The normalized spacial score (nSPS) is 12.5. The fraction of sp³-hybridized carbons (Fsp3) is 0. The van der Waals surface area contributed by atoms with Gasteiger partial charge in [0.25, 0.3) is 0 Å². The summed E-state index contributed by atoms with van der Waals surface area (Å²) in [6.45, 7) is 0. The summed E-state index contributed by atoms with van der Waals surface area (Å²) in [5, 5.41) is 19.7. The largest absolute Gasteiger partial charge is 0.455 e. The van der Waals surface area contributed by atoms with E-state index in [1.807, 2.05) is 12.1 Å². The highest BCUT2D eigenvalue weighted by Gasteiger charge is 2.23. The smallest absolute Gasteiger partial charge is 0.143 e. The monoisotopic (exact) mass is 734 g/mol. The minimum atomic E-state index is 0.916. The van der Waals surface area contributed by atoms with E-state index in [1.54, 1.807) is 0 Å². The molecule has 2 nitrogen and oxygen atoms in total. The number of benzene rings is 12. The van der Waals surface area contributed by atoms with Gasteiger partial charge in [0.15, 0.2) is 0 Å². The van der Waals surface area contributed by atoms with Crippen LogP contribution in [-0.4, -0.2) is 0 Å². The summed E-state index contributed by atoms with van der Waals surface area (Å²) in [7, 11) is 0. The molecule has 2 heterocycles. The summed E-state index contributed by atoms with van der Waals surface area (Å²) in [6, 6.07) is 66.6. The van der Waals surface area contributed by atoms with E-state index in [0.29, 0.717) is 0 Å². The van der Waals surface area contributed by atoms with Gasteiger partial charge in [-0.1, -0.05) is 146 Å². The molecular formula is C56H30O2. The van der Waals surface area contributed by atoms with Crippen molar-refractivity contribution in [2.75, 3.05) is 0 Å². The zero-order chi connectivity index (χ0) is 37.6. The molecule has 0 aliphatic carbocycles. The summed E-state index contributed by atoms with van der Waals surface area (Å²) in [6.07, 6.45) is 0. The minimum Gasteiger partial charge on any atom is -0.455 e.